The monoisotopic (exact) mass is 766 g/mol. The van der Waals surface area contributed by atoms with Crippen LogP contribution in [-0.2, 0) is 6.42 Å². The third-order valence-electron chi connectivity index (χ3n) is 12.3. The van der Waals surface area contributed by atoms with E-state index >= 15 is 8.78 Å². The summed E-state index contributed by atoms with van der Waals surface area (Å²) in [6.07, 6.45) is 10.9. The van der Waals surface area contributed by atoms with E-state index in [-0.39, 0.29) is 71.2 Å². The zero-order valence-corrected chi connectivity index (χ0v) is 31.1. The van der Waals surface area contributed by atoms with E-state index in [0.29, 0.717) is 46.2 Å². The van der Waals surface area contributed by atoms with Gasteiger partial charge in [-0.1, -0.05) is 37.1 Å². The predicted molar refractivity (Wildman–Crippen MR) is 204 cm³/mol. The number of anilines is 1. The molecule has 10 nitrogen and oxygen atoms in total. The smallest absolute Gasteiger partial charge is 0.319 e. The third-order valence-corrected chi connectivity index (χ3v) is 12.3. The number of hydrogen-bond donors (Lipinski definition) is 1. The molecule has 4 atom stereocenters. The van der Waals surface area contributed by atoms with Crippen molar-refractivity contribution < 1.29 is 27.0 Å². The van der Waals surface area contributed by atoms with Crippen molar-refractivity contribution in [2.75, 3.05) is 37.7 Å². The summed E-state index contributed by atoms with van der Waals surface area (Å²) in [5.74, 6) is 2.00. The quantitative estimate of drug-likeness (QED) is 0.123. The zero-order valence-electron chi connectivity index (χ0n) is 31.1. The number of halogens is 4. The minimum Gasteiger partial charge on any atom is -0.476 e. The van der Waals surface area contributed by atoms with E-state index in [1.54, 1.807) is 18.2 Å². The number of piperazine rings is 1. The molecule has 290 valence electrons. The Morgan fingerprint density at radius 2 is 1.91 bits per heavy atom. The highest BCUT2D eigenvalue weighted by Crippen LogP contribution is 2.44. The van der Waals surface area contributed by atoms with Crippen LogP contribution >= 0.6 is 0 Å². The summed E-state index contributed by atoms with van der Waals surface area (Å²) >= 11 is 0. The van der Waals surface area contributed by atoms with Gasteiger partial charge in [-0.15, -0.1) is 6.42 Å². The highest BCUT2D eigenvalue weighted by molar-refractivity contribution is 6.02. The Morgan fingerprint density at radius 1 is 1.02 bits per heavy atom. The van der Waals surface area contributed by atoms with Crippen LogP contribution in [0.3, 0.4) is 0 Å². The lowest BCUT2D eigenvalue weighted by Gasteiger charge is -2.44. The molecule has 9 rings (SSSR count). The molecular weight excluding hydrogens is 725 g/mol. The zero-order chi connectivity index (χ0) is 38.6. The average molecular weight is 767 g/mol. The number of aromatic nitrogens is 5. The van der Waals surface area contributed by atoms with Crippen LogP contribution in [0, 0.1) is 24.0 Å². The Kier molecular flexibility index (Phi) is 9.61. The minimum atomic E-state index is -2.71. The van der Waals surface area contributed by atoms with Crippen molar-refractivity contribution in [1.82, 2.24) is 35.1 Å². The lowest BCUT2D eigenvalue weighted by molar-refractivity contribution is 0.0677. The number of aryl methyl sites for hydroxylation is 1. The van der Waals surface area contributed by atoms with E-state index in [9.17, 15) is 8.78 Å². The molecule has 2 aromatic carbocycles. The van der Waals surface area contributed by atoms with Gasteiger partial charge in [0.15, 0.2) is 5.82 Å². The van der Waals surface area contributed by atoms with Crippen molar-refractivity contribution in [2.24, 2.45) is 0 Å². The van der Waals surface area contributed by atoms with E-state index in [1.165, 1.54) is 12.1 Å². The fourth-order valence-electron chi connectivity index (χ4n) is 9.66. The highest BCUT2D eigenvalue weighted by atomic mass is 19.3. The Morgan fingerprint density at radius 3 is 2.75 bits per heavy atom. The second-order valence-electron chi connectivity index (χ2n) is 15.3. The van der Waals surface area contributed by atoms with Crippen LogP contribution in [0.25, 0.3) is 32.9 Å². The summed E-state index contributed by atoms with van der Waals surface area (Å²) in [5, 5.41) is 5.34. The molecule has 3 aromatic heterocycles. The molecule has 4 aliphatic rings. The minimum absolute atomic E-state index is 0.0247. The molecule has 56 heavy (non-hydrogen) atoms. The summed E-state index contributed by atoms with van der Waals surface area (Å²) in [7, 11) is 0. The van der Waals surface area contributed by atoms with Crippen molar-refractivity contribution in [3.8, 4) is 35.5 Å². The van der Waals surface area contributed by atoms with Gasteiger partial charge in [0.05, 0.1) is 22.2 Å². The second-order valence-corrected chi connectivity index (χ2v) is 15.3. The molecule has 5 aromatic rings. The van der Waals surface area contributed by atoms with E-state index in [2.05, 4.69) is 37.9 Å². The number of nitrogens with one attached hydrogen (secondary N) is 1. The molecule has 0 spiro atoms. The lowest BCUT2D eigenvalue weighted by atomic mass is 9.91. The van der Waals surface area contributed by atoms with Crippen molar-refractivity contribution in [1.29, 1.82) is 0 Å². The molecule has 7 heterocycles. The summed E-state index contributed by atoms with van der Waals surface area (Å²) < 4.78 is 71.4. The maximum absolute atomic E-state index is 17.4. The maximum Gasteiger partial charge on any atom is 0.319 e. The molecule has 0 radical (unpaired) electrons. The molecule has 3 saturated heterocycles. The third kappa shape index (κ3) is 6.25. The number of benzene rings is 2. The Labute approximate surface area is 322 Å². The lowest BCUT2D eigenvalue weighted by Crippen LogP contribution is -2.58. The molecule has 1 N–H and O–H groups in total. The Bertz CT molecular complexity index is 2360. The first-order chi connectivity index (χ1) is 27.3. The van der Waals surface area contributed by atoms with Crippen molar-refractivity contribution >= 4 is 27.5 Å². The van der Waals surface area contributed by atoms with Gasteiger partial charge in [0.2, 0.25) is 5.88 Å². The first-order valence-corrected chi connectivity index (χ1v) is 19.5. The van der Waals surface area contributed by atoms with Gasteiger partial charge in [-0.2, -0.15) is 9.97 Å². The Balaban J connectivity index is 1.10. The fraction of sp³-hybridized carbons (Fsp3) is 0.452. The van der Waals surface area contributed by atoms with Gasteiger partial charge in [-0.05, 0) is 69.4 Å². The number of hydrogen-bond acceptors (Lipinski definition) is 10. The molecule has 0 saturated carbocycles. The van der Waals surface area contributed by atoms with Crippen LogP contribution < -0.4 is 19.7 Å². The standard InChI is InChI=1S/C42H42F4N8O2/c1-3-26-28(43)13-12-24-8-5-9-27(34(24)26)37-36(44)38-35-30(50-37)10-6-11-32-29(4-2)47-17-19-53(32)40(35)52-41(51-38)56-22-42-15-7-18-54(42)25(14-16-42)21-55-33-20-31(39(45)46)48-23-49-33/h1,5,8-9,12-13,20,23,25,29,32,39,47H,4,6-7,10-11,14-19,21-22H2,2H3/t25-,29-,32+,42-/m0/s1. The predicted octanol–water partition coefficient (Wildman–Crippen LogP) is 7.18. The number of ether oxygens (including phenoxy) is 2. The van der Waals surface area contributed by atoms with Gasteiger partial charge in [0, 0.05) is 48.2 Å². The normalized spacial score (nSPS) is 23.5. The molecule has 3 fully saturated rings. The Hall–Kier alpha value is -5.13. The largest absolute Gasteiger partial charge is 0.476 e. The first-order valence-electron chi connectivity index (χ1n) is 19.5. The van der Waals surface area contributed by atoms with E-state index in [1.807, 2.05) is 6.07 Å². The van der Waals surface area contributed by atoms with Crippen LogP contribution in [0.1, 0.15) is 75.2 Å². The van der Waals surface area contributed by atoms with Crippen LogP contribution in [-0.4, -0.2) is 86.3 Å². The molecule has 4 aliphatic heterocycles. The van der Waals surface area contributed by atoms with Crippen molar-refractivity contribution in [3.05, 3.63) is 71.3 Å². The van der Waals surface area contributed by atoms with Crippen molar-refractivity contribution in [3.63, 3.8) is 0 Å². The van der Waals surface area contributed by atoms with Crippen LogP contribution in [0.2, 0.25) is 0 Å². The van der Waals surface area contributed by atoms with Gasteiger partial charge in [0.25, 0.3) is 6.43 Å². The fourth-order valence-corrected chi connectivity index (χ4v) is 9.66. The summed E-state index contributed by atoms with van der Waals surface area (Å²) in [5.41, 5.74) is 0.602. The van der Waals surface area contributed by atoms with Gasteiger partial charge in [-0.25, -0.2) is 32.5 Å². The van der Waals surface area contributed by atoms with Crippen molar-refractivity contribution in [2.45, 2.75) is 88.4 Å². The highest BCUT2D eigenvalue weighted by Gasteiger charge is 2.50. The molecule has 14 heteroatoms. The topological polar surface area (TPSA) is 101 Å². The second kappa shape index (κ2) is 14.7. The number of alkyl halides is 2. The van der Waals surface area contributed by atoms with E-state index in [4.69, 9.17) is 30.8 Å². The maximum atomic E-state index is 17.4. The van der Waals surface area contributed by atoms with Gasteiger partial charge in [-0.3, -0.25) is 4.90 Å². The van der Waals surface area contributed by atoms with Gasteiger partial charge >= 0.3 is 6.01 Å². The number of fused-ring (bicyclic) bond motifs is 4. The summed E-state index contributed by atoms with van der Waals surface area (Å²) in [4.78, 5) is 27.2. The molecule has 0 aliphatic carbocycles. The van der Waals surface area contributed by atoms with E-state index < -0.39 is 18.1 Å². The molecular formula is C42H42F4N8O2. The SMILES string of the molecule is C#Cc1c(F)ccc2cccc(-c3nc4c5c(nc(OC[C@@]67CCCN6[C@H](COc6cc(C(F)F)ncn6)CC7)nc5c3F)N3CCN[C@@H](CC)[C@H]3CCC4)c12. The molecule has 0 amide bonds. The van der Waals surface area contributed by atoms with Gasteiger partial charge < -0.3 is 19.7 Å². The first kappa shape index (κ1) is 36.5. The summed E-state index contributed by atoms with van der Waals surface area (Å²) in [6.45, 7) is 4.98. The summed E-state index contributed by atoms with van der Waals surface area (Å²) in [6, 6.07) is 9.96. The molecule has 0 unspecified atom stereocenters. The molecule has 0 bridgehead atoms. The van der Waals surface area contributed by atoms with E-state index in [0.717, 1.165) is 64.4 Å². The average Bonchev–Trinajstić information content (AvgIpc) is 3.78. The number of rotatable bonds is 9. The van der Waals surface area contributed by atoms with Gasteiger partial charge in [0.1, 0.15) is 48.1 Å². The van der Waals surface area contributed by atoms with Crippen LogP contribution in [0.4, 0.5) is 23.4 Å². The number of terminal acetylenes is 1. The van der Waals surface area contributed by atoms with Crippen LogP contribution in [0.15, 0.2) is 42.7 Å². The number of pyridine rings is 1. The number of nitrogens with zero attached hydrogens (tertiary/aromatic N) is 7. The van der Waals surface area contributed by atoms with Crippen LogP contribution in [0.5, 0.6) is 11.9 Å².